The van der Waals surface area contributed by atoms with Crippen molar-refractivity contribution in [3.05, 3.63) is 35.4 Å². The van der Waals surface area contributed by atoms with Gasteiger partial charge in [0.25, 0.3) is 0 Å². The van der Waals surface area contributed by atoms with Crippen molar-refractivity contribution in [3.63, 3.8) is 0 Å². The predicted molar refractivity (Wildman–Crippen MR) is 74.9 cm³/mol. The minimum Gasteiger partial charge on any atom is -0.444 e. The lowest BCUT2D eigenvalue weighted by Crippen LogP contribution is -2.49. The summed E-state index contributed by atoms with van der Waals surface area (Å²) in [7, 11) is 0. The molecule has 0 unspecified atom stereocenters. The van der Waals surface area contributed by atoms with Crippen LogP contribution in [0.5, 0.6) is 0 Å². The van der Waals surface area contributed by atoms with Crippen LogP contribution >= 0.6 is 0 Å². The number of carbonyl (C=O) groups excluding carboxylic acids is 1. The van der Waals surface area contributed by atoms with Crippen LogP contribution in [0, 0.1) is 11.6 Å². The van der Waals surface area contributed by atoms with Gasteiger partial charge in [-0.3, -0.25) is 0 Å². The lowest BCUT2D eigenvalue weighted by molar-refractivity contribution is 0.0193. The molecule has 4 nitrogen and oxygen atoms in total. The van der Waals surface area contributed by atoms with Crippen LogP contribution in [0.3, 0.4) is 0 Å². The molecule has 1 heterocycles. The highest BCUT2D eigenvalue weighted by Crippen LogP contribution is 2.22. The number of carbonyl (C=O) groups is 1. The van der Waals surface area contributed by atoms with Crippen molar-refractivity contribution in [2.24, 2.45) is 0 Å². The first-order chi connectivity index (χ1) is 9.76. The Morgan fingerprint density at radius 3 is 2.71 bits per heavy atom. The minimum atomic E-state index is -0.615. The Labute approximate surface area is 123 Å². The van der Waals surface area contributed by atoms with E-state index >= 15 is 0 Å². The van der Waals surface area contributed by atoms with Gasteiger partial charge in [-0.05, 0) is 26.8 Å². The van der Waals surface area contributed by atoms with Gasteiger partial charge in [0.2, 0.25) is 0 Å². The quantitative estimate of drug-likeness (QED) is 0.867. The van der Waals surface area contributed by atoms with E-state index in [0.29, 0.717) is 18.7 Å². The molecule has 0 aromatic heterocycles. The van der Waals surface area contributed by atoms with Gasteiger partial charge in [0.15, 0.2) is 0 Å². The molecule has 116 valence electrons. The molecule has 6 heteroatoms. The normalized spacial score (nSPS) is 19.5. The summed E-state index contributed by atoms with van der Waals surface area (Å²) in [5.41, 5.74) is -0.219. The standard InChI is InChI=1S/C15H20F2N2O2/c1-15(2,3)21-14(20)19-7-6-18-13(9-19)11-5-4-10(16)8-12(11)17/h4-5,8,13,18H,6-7,9H2,1-3H3/t13-/m0/s1. The molecule has 2 rings (SSSR count). The molecule has 1 fully saturated rings. The summed E-state index contributed by atoms with van der Waals surface area (Å²) < 4.78 is 32.1. The maximum atomic E-state index is 13.8. The lowest BCUT2D eigenvalue weighted by Gasteiger charge is -2.35. The first-order valence-corrected chi connectivity index (χ1v) is 6.92. The van der Waals surface area contributed by atoms with Crippen LogP contribution < -0.4 is 5.32 Å². The maximum Gasteiger partial charge on any atom is 0.410 e. The number of ether oxygens (including phenoxy) is 1. The van der Waals surface area contributed by atoms with Gasteiger partial charge in [0, 0.05) is 31.3 Å². The van der Waals surface area contributed by atoms with E-state index in [2.05, 4.69) is 5.32 Å². The Hall–Kier alpha value is -1.69. The fraction of sp³-hybridized carbons (Fsp3) is 0.533. The third kappa shape index (κ3) is 4.14. The summed E-state index contributed by atoms with van der Waals surface area (Å²) in [6.07, 6.45) is -0.420. The predicted octanol–water partition coefficient (Wildman–Crippen LogP) is 2.85. The second-order valence-corrected chi connectivity index (χ2v) is 6.10. The molecule has 1 N–H and O–H groups in total. The molecule has 0 spiro atoms. The van der Waals surface area contributed by atoms with Crippen molar-refractivity contribution < 1.29 is 18.3 Å². The second-order valence-electron chi connectivity index (χ2n) is 6.10. The Balaban J connectivity index is 2.08. The van der Waals surface area contributed by atoms with Crippen LogP contribution in [-0.4, -0.2) is 36.2 Å². The van der Waals surface area contributed by atoms with Crippen molar-refractivity contribution in [3.8, 4) is 0 Å². The average molecular weight is 298 g/mol. The minimum absolute atomic E-state index is 0.289. The highest BCUT2D eigenvalue weighted by atomic mass is 19.1. The van der Waals surface area contributed by atoms with Gasteiger partial charge in [-0.1, -0.05) is 6.07 Å². The molecule has 1 aliphatic heterocycles. The molecule has 0 aliphatic carbocycles. The van der Waals surface area contributed by atoms with E-state index in [0.717, 1.165) is 6.07 Å². The van der Waals surface area contributed by atoms with Crippen LogP contribution in [0.4, 0.5) is 13.6 Å². The van der Waals surface area contributed by atoms with Gasteiger partial charge in [0.05, 0.1) is 6.04 Å². The van der Waals surface area contributed by atoms with Crippen molar-refractivity contribution in [1.82, 2.24) is 10.2 Å². The Morgan fingerprint density at radius 1 is 1.38 bits per heavy atom. The molecular weight excluding hydrogens is 278 g/mol. The fourth-order valence-electron chi connectivity index (χ4n) is 2.23. The van der Waals surface area contributed by atoms with Crippen molar-refractivity contribution in [2.45, 2.75) is 32.4 Å². The van der Waals surface area contributed by atoms with Gasteiger partial charge in [-0.2, -0.15) is 0 Å². The van der Waals surface area contributed by atoms with E-state index in [1.54, 1.807) is 20.8 Å². The SMILES string of the molecule is CC(C)(C)OC(=O)N1CCN[C@H](c2ccc(F)cc2F)C1. The van der Waals surface area contributed by atoms with Crippen molar-refractivity contribution in [2.75, 3.05) is 19.6 Å². The number of benzene rings is 1. The number of hydrogen-bond donors (Lipinski definition) is 1. The van der Waals surface area contributed by atoms with Crippen LogP contribution in [0.1, 0.15) is 32.4 Å². The van der Waals surface area contributed by atoms with E-state index in [1.807, 2.05) is 0 Å². The lowest BCUT2D eigenvalue weighted by atomic mass is 10.0. The monoisotopic (exact) mass is 298 g/mol. The topological polar surface area (TPSA) is 41.6 Å². The van der Waals surface area contributed by atoms with Crippen LogP contribution in [-0.2, 0) is 4.74 Å². The molecule has 0 radical (unpaired) electrons. The molecule has 1 amide bonds. The number of amides is 1. The van der Waals surface area contributed by atoms with Crippen LogP contribution in [0.25, 0.3) is 0 Å². The molecule has 1 aliphatic rings. The molecule has 1 aromatic rings. The Bertz CT molecular complexity index is 529. The second kappa shape index (κ2) is 5.97. The van der Waals surface area contributed by atoms with Crippen molar-refractivity contribution in [1.29, 1.82) is 0 Å². The Kier molecular flexibility index (Phi) is 4.46. The molecule has 1 aromatic carbocycles. The summed E-state index contributed by atoms with van der Waals surface area (Å²) in [4.78, 5) is 13.6. The molecule has 21 heavy (non-hydrogen) atoms. The first kappa shape index (κ1) is 15.7. The molecule has 1 atom stereocenters. The van der Waals surface area contributed by atoms with Gasteiger partial charge < -0.3 is 15.0 Å². The van der Waals surface area contributed by atoms with Crippen molar-refractivity contribution >= 4 is 6.09 Å². The molecule has 0 bridgehead atoms. The number of piperazine rings is 1. The summed E-state index contributed by atoms with van der Waals surface area (Å²) in [6, 6.07) is 3.10. The molecule has 1 saturated heterocycles. The largest absolute Gasteiger partial charge is 0.444 e. The van der Waals surface area contributed by atoms with Gasteiger partial charge in [-0.25, -0.2) is 13.6 Å². The Morgan fingerprint density at radius 2 is 2.10 bits per heavy atom. The van der Waals surface area contributed by atoms with E-state index in [4.69, 9.17) is 4.74 Å². The number of nitrogens with zero attached hydrogens (tertiary/aromatic N) is 1. The van der Waals surface area contributed by atoms with Gasteiger partial charge in [0.1, 0.15) is 17.2 Å². The zero-order chi connectivity index (χ0) is 15.6. The van der Waals surface area contributed by atoms with E-state index in [1.165, 1.54) is 17.0 Å². The van der Waals surface area contributed by atoms with Crippen LogP contribution in [0.15, 0.2) is 18.2 Å². The smallest absolute Gasteiger partial charge is 0.410 e. The highest BCUT2D eigenvalue weighted by Gasteiger charge is 2.29. The molecular formula is C15H20F2N2O2. The summed E-state index contributed by atoms with van der Waals surface area (Å²) in [6.45, 7) is 6.70. The number of nitrogens with one attached hydrogen (secondary N) is 1. The maximum absolute atomic E-state index is 13.8. The fourth-order valence-corrected chi connectivity index (χ4v) is 2.23. The van der Waals surface area contributed by atoms with E-state index in [9.17, 15) is 13.6 Å². The number of hydrogen-bond acceptors (Lipinski definition) is 3. The average Bonchev–Trinajstić information content (AvgIpc) is 2.37. The highest BCUT2D eigenvalue weighted by molar-refractivity contribution is 5.68. The first-order valence-electron chi connectivity index (χ1n) is 6.92. The summed E-state index contributed by atoms with van der Waals surface area (Å²) in [5.74, 6) is -1.23. The van der Waals surface area contributed by atoms with Crippen LogP contribution in [0.2, 0.25) is 0 Å². The third-order valence-electron chi connectivity index (χ3n) is 3.17. The van der Waals surface area contributed by atoms with Gasteiger partial charge >= 0.3 is 6.09 Å². The van der Waals surface area contributed by atoms with E-state index in [-0.39, 0.29) is 12.6 Å². The zero-order valence-corrected chi connectivity index (χ0v) is 12.5. The van der Waals surface area contributed by atoms with E-state index < -0.39 is 23.3 Å². The summed E-state index contributed by atoms with van der Waals surface area (Å²) >= 11 is 0. The number of halogens is 2. The number of rotatable bonds is 1. The third-order valence-corrected chi connectivity index (χ3v) is 3.17. The summed E-state index contributed by atoms with van der Waals surface area (Å²) in [5, 5.41) is 3.13. The zero-order valence-electron chi connectivity index (χ0n) is 12.5. The van der Waals surface area contributed by atoms with Gasteiger partial charge in [-0.15, -0.1) is 0 Å². The molecule has 0 saturated carbocycles.